The molecule has 0 N–H and O–H groups in total. The third kappa shape index (κ3) is 2.63. The summed E-state index contributed by atoms with van der Waals surface area (Å²) in [6.07, 6.45) is 4.95. The van der Waals surface area contributed by atoms with Gasteiger partial charge in [-0.3, -0.25) is 9.59 Å². The van der Waals surface area contributed by atoms with E-state index in [9.17, 15) is 9.59 Å². The molecule has 1 amide bonds. The number of carbonyl (C=O) groups is 1. The van der Waals surface area contributed by atoms with Gasteiger partial charge in [-0.15, -0.1) is 0 Å². The van der Waals surface area contributed by atoms with Crippen LogP contribution in [0.4, 0.5) is 0 Å². The fraction of sp³-hybridized carbons (Fsp3) is 0.571. The van der Waals surface area contributed by atoms with Crippen LogP contribution < -0.4 is 5.56 Å². The molecule has 0 spiro atoms. The van der Waals surface area contributed by atoms with Crippen molar-refractivity contribution < 1.29 is 4.79 Å². The van der Waals surface area contributed by atoms with Crippen LogP contribution in [0.25, 0.3) is 0 Å². The largest absolute Gasteiger partial charge is 0.336 e. The van der Waals surface area contributed by atoms with E-state index in [0.29, 0.717) is 0 Å². The molecule has 0 aliphatic carbocycles. The van der Waals surface area contributed by atoms with Gasteiger partial charge in [-0.2, -0.15) is 0 Å². The summed E-state index contributed by atoms with van der Waals surface area (Å²) in [5, 5.41) is 0. The van der Waals surface area contributed by atoms with Crippen molar-refractivity contribution in [3.63, 3.8) is 0 Å². The van der Waals surface area contributed by atoms with E-state index in [1.807, 2.05) is 4.90 Å². The molecule has 1 fully saturated rings. The van der Waals surface area contributed by atoms with Crippen LogP contribution in [0.3, 0.4) is 0 Å². The molecule has 0 bridgehead atoms. The Kier molecular flexibility index (Phi) is 3.84. The minimum absolute atomic E-state index is 0.0444. The number of piperidine rings is 1. The SMILES string of the molecule is CC1CCCC(C)N1C(=O)Cn1ccccc1=O. The second-order valence-electron chi connectivity index (χ2n) is 5.10. The molecule has 4 heteroatoms. The molecule has 2 atom stereocenters. The van der Waals surface area contributed by atoms with Gasteiger partial charge in [0.15, 0.2) is 0 Å². The lowest BCUT2D eigenvalue weighted by Gasteiger charge is -2.39. The van der Waals surface area contributed by atoms with E-state index in [1.165, 1.54) is 17.1 Å². The van der Waals surface area contributed by atoms with Crippen molar-refractivity contribution in [2.45, 2.75) is 51.7 Å². The summed E-state index contributed by atoms with van der Waals surface area (Å²) in [4.78, 5) is 25.8. The van der Waals surface area contributed by atoms with E-state index >= 15 is 0 Å². The maximum Gasteiger partial charge on any atom is 0.250 e. The van der Waals surface area contributed by atoms with Gasteiger partial charge in [0.05, 0.1) is 0 Å². The normalized spacial score (nSPS) is 24.0. The molecule has 1 aliphatic heterocycles. The molecule has 0 saturated carbocycles. The first-order chi connectivity index (χ1) is 8.59. The average Bonchev–Trinajstić information content (AvgIpc) is 2.32. The summed E-state index contributed by atoms with van der Waals surface area (Å²) in [5.74, 6) is 0.0444. The molecule has 2 heterocycles. The Morgan fingerprint density at radius 2 is 1.94 bits per heavy atom. The molecule has 98 valence electrons. The van der Waals surface area contributed by atoms with Crippen molar-refractivity contribution in [2.75, 3.05) is 0 Å². The summed E-state index contributed by atoms with van der Waals surface area (Å²) in [7, 11) is 0. The number of pyridine rings is 1. The third-order valence-corrected chi connectivity index (χ3v) is 3.69. The van der Waals surface area contributed by atoms with Gasteiger partial charge in [0.25, 0.3) is 5.56 Å². The summed E-state index contributed by atoms with van der Waals surface area (Å²) >= 11 is 0. The van der Waals surface area contributed by atoms with Crippen molar-refractivity contribution >= 4 is 5.91 Å². The fourth-order valence-electron chi connectivity index (χ4n) is 2.73. The maximum absolute atomic E-state index is 12.3. The van der Waals surface area contributed by atoms with E-state index in [4.69, 9.17) is 0 Å². The van der Waals surface area contributed by atoms with Gasteiger partial charge in [0, 0.05) is 24.3 Å². The van der Waals surface area contributed by atoms with Gasteiger partial charge >= 0.3 is 0 Å². The van der Waals surface area contributed by atoms with Crippen LogP contribution in [-0.4, -0.2) is 27.5 Å². The quantitative estimate of drug-likeness (QED) is 0.798. The van der Waals surface area contributed by atoms with Crippen LogP contribution >= 0.6 is 0 Å². The van der Waals surface area contributed by atoms with Crippen molar-refractivity contribution in [3.05, 3.63) is 34.7 Å². The van der Waals surface area contributed by atoms with E-state index in [0.717, 1.165) is 12.8 Å². The Labute approximate surface area is 107 Å². The van der Waals surface area contributed by atoms with Crippen molar-refractivity contribution in [1.29, 1.82) is 0 Å². The second kappa shape index (κ2) is 5.38. The number of hydrogen-bond donors (Lipinski definition) is 0. The first-order valence-corrected chi connectivity index (χ1v) is 6.56. The van der Waals surface area contributed by atoms with Gasteiger partial charge in [-0.25, -0.2) is 0 Å². The zero-order chi connectivity index (χ0) is 13.1. The number of likely N-dealkylation sites (tertiary alicyclic amines) is 1. The van der Waals surface area contributed by atoms with Gasteiger partial charge in [-0.05, 0) is 39.2 Å². The molecule has 4 nitrogen and oxygen atoms in total. The molecule has 1 aromatic heterocycles. The van der Waals surface area contributed by atoms with Crippen LogP contribution in [0.1, 0.15) is 33.1 Å². The zero-order valence-corrected chi connectivity index (χ0v) is 11.0. The van der Waals surface area contributed by atoms with E-state index < -0.39 is 0 Å². The van der Waals surface area contributed by atoms with Crippen LogP contribution in [0.2, 0.25) is 0 Å². The van der Waals surface area contributed by atoms with E-state index in [2.05, 4.69) is 13.8 Å². The highest BCUT2D eigenvalue weighted by Crippen LogP contribution is 2.22. The number of carbonyl (C=O) groups excluding carboxylic acids is 1. The van der Waals surface area contributed by atoms with E-state index in [-0.39, 0.29) is 30.1 Å². The summed E-state index contributed by atoms with van der Waals surface area (Å²) in [6, 6.07) is 5.50. The molecular formula is C14H20N2O2. The number of nitrogens with zero attached hydrogens (tertiary/aromatic N) is 2. The predicted octanol–water partition coefficient (Wildman–Crippen LogP) is 1.64. The second-order valence-corrected chi connectivity index (χ2v) is 5.10. The first kappa shape index (κ1) is 12.9. The Morgan fingerprint density at radius 1 is 1.28 bits per heavy atom. The monoisotopic (exact) mass is 248 g/mol. The van der Waals surface area contributed by atoms with Gasteiger partial charge in [-0.1, -0.05) is 6.07 Å². The molecule has 2 rings (SSSR count). The molecule has 0 radical (unpaired) electrons. The minimum Gasteiger partial charge on any atom is -0.336 e. The fourth-order valence-corrected chi connectivity index (χ4v) is 2.73. The van der Waals surface area contributed by atoms with Crippen molar-refractivity contribution in [2.24, 2.45) is 0 Å². The highest BCUT2D eigenvalue weighted by Gasteiger charge is 2.28. The minimum atomic E-state index is -0.122. The first-order valence-electron chi connectivity index (χ1n) is 6.56. The lowest BCUT2D eigenvalue weighted by Crippen LogP contribution is -2.49. The Morgan fingerprint density at radius 3 is 2.56 bits per heavy atom. The van der Waals surface area contributed by atoms with Gasteiger partial charge < -0.3 is 9.47 Å². The van der Waals surface area contributed by atoms with E-state index in [1.54, 1.807) is 18.3 Å². The van der Waals surface area contributed by atoms with Crippen LogP contribution in [-0.2, 0) is 11.3 Å². The Hall–Kier alpha value is -1.58. The molecule has 18 heavy (non-hydrogen) atoms. The Balaban J connectivity index is 2.12. The highest BCUT2D eigenvalue weighted by molar-refractivity contribution is 5.76. The number of hydrogen-bond acceptors (Lipinski definition) is 2. The number of rotatable bonds is 2. The molecule has 1 aliphatic rings. The van der Waals surface area contributed by atoms with Gasteiger partial charge in [0.1, 0.15) is 6.54 Å². The molecule has 0 aromatic carbocycles. The third-order valence-electron chi connectivity index (χ3n) is 3.69. The lowest BCUT2D eigenvalue weighted by molar-refractivity contribution is -0.138. The summed E-state index contributed by atoms with van der Waals surface area (Å²) < 4.78 is 1.47. The molecular weight excluding hydrogens is 228 g/mol. The standard InChI is InChI=1S/C14H20N2O2/c1-11-6-5-7-12(2)16(11)14(18)10-15-9-4-3-8-13(15)17/h3-4,8-9,11-12H,5-7,10H2,1-2H3. The van der Waals surface area contributed by atoms with Crippen LogP contribution in [0.5, 0.6) is 0 Å². The number of aromatic nitrogens is 1. The molecule has 1 saturated heterocycles. The Bertz CT molecular complexity index is 471. The summed E-state index contributed by atoms with van der Waals surface area (Å²) in [6.45, 7) is 4.32. The highest BCUT2D eigenvalue weighted by atomic mass is 16.2. The average molecular weight is 248 g/mol. The van der Waals surface area contributed by atoms with Crippen LogP contribution in [0, 0.1) is 0 Å². The topological polar surface area (TPSA) is 42.3 Å². The molecule has 1 aromatic rings. The smallest absolute Gasteiger partial charge is 0.250 e. The predicted molar refractivity (Wildman–Crippen MR) is 70.3 cm³/mol. The zero-order valence-electron chi connectivity index (χ0n) is 11.0. The van der Waals surface area contributed by atoms with Gasteiger partial charge in [0.2, 0.25) is 5.91 Å². The lowest BCUT2D eigenvalue weighted by atomic mass is 9.97. The maximum atomic E-state index is 12.3. The molecule has 2 unspecified atom stereocenters. The summed E-state index contributed by atoms with van der Waals surface area (Å²) in [5.41, 5.74) is -0.122. The van der Waals surface area contributed by atoms with Crippen molar-refractivity contribution in [1.82, 2.24) is 9.47 Å². The van der Waals surface area contributed by atoms with Crippen LogP contribution in [0.15, 0.2) is 29.2 Å². The number of amides is 1. The van der Waals surface area contributed by atoms with Crippen molar-refractivity contribution in [3.8, 4) is 0 Å².